The molecule has 0 aromatic carbocycles. The molecule has 8 nitrogen and oxygen atoms in total. The normalized spacial score (nSPS) is 20.1. The molecule has 1 saturated heterocycles. The van der Waals surface area contributed by atoms with Crippen molar-refractivity contribution in [3.05, 3.63) is 22.6 Å². The third kappa shape index (κ3) is 2.20. The molecule has 96 valence electrons. The maximum absolute atomic E-state index is 11.4. The zero-order chi connectivity index (χ0) is 12.4. The quantitative estimate of drug-likeness (QED) is 0.634. The number of aromatic amines is 1. The monoisotopic (exact) mass is 250 g/mol. The molecule has 0 amide bonds. The number of aromatic nitrogens is 4. The van der Waals surface area contributed by atoms with Gasteiger partial charge in [-0.2, -0.15) is 9.61 Å². The third-order valence-corrected chi connectivity index (χ3v) is 2.80. The number of anilines is 1. The van der Waals surface area contributed by atoms with Crippen molar-refractivity contribution in [2.24, 2.45) is 0 Å². The highest BCUT2D eigenvalue weighted by Gasteiger charge is 2.12. The van der Waals surface area contributed by atoms with Crippen LogP contribution in [0.25, 0.3) is 5.65 Å². The summed E-state index contributed by atoms with van der Waals surface area (Å²) in [5.74, 6) is 0.637. The van der Waals surface area contributed by atoms with Crippen LogP contribution in [0.2, 0.25) is 0 Å². The molecule has 0 saturated carbocycles. The van der Waals surface area contributed by atoms with Crippen LogP contribution in [0.15, 0.2) is 16.9 Å². The van der Waals surface area contributed by atoms with E-state index in [0.717, 1.165) is 13.2 Å². The Hall–Kier alpha value is -1.93. The van der Waals surface area contributed by atoms with E-state index in [1.807, 2.05) is 0 Å². The smallest absolute Gasteiger partial charge is 0.364 e. The molecule has 2 aromatic rings. The van der Waals surface area contributed by atoms with Gasteiger partial charge in [0.2, 0.25) is 0 Å². The van der Waals surface area contributed by atoms with E-state index < -0.39 is 0 Å². The lowest BCUT2D eigenvalue weighted by atomic mass is 10.3. The van der Waals surface area contributed by atoms with Gasteiger partial charge in [0, 0.05) is 19.1 Å². The molecule has 0 spiro atoms. The fourth-order valence-electron chi connectivity index (χ4n) is 1.88. The van der Waals surface area contributed by atoms with E-state index >= 15 is 0 Å². The van der Waals surface area contributed by atoms with E-state index in [9.17, 15) is 4.79 Å². The van der Waals surface area contributed by atoms with Crippen LogP contribution in [0.1, 0.15) is 0 Å². The Kier molecular flexibility index (Phi) is 2.95. The van der Waals surface area contributed by atoms with Crippen molar-refractivity contribution in [3.8, 4) is 0 Å². The summed E-state index contributed by atoms with van der Waals surface area (Å²) >= 11 is 0. The lowest BCUT2D eigenvalue weighted by Crippen LogP contribution is -2.45. The van der Waals surface area contributed by atoms with Crippen molar-refractivity contribution in [1.82, 2.24) is 25.1 Å². The molecule has 1 aliphatic rings. The van der Waals surface area contributed by atoms with Crippen molar-refractivity contribution in [2.45, 2.75) is 6.04 Å². The van der Waals surface area contributed by atoms with Crippen LogP contribution in [0.4, 0.5) is 5.82 Å². The van der Waals surface area contributed by atoms with Crippen LogP contribution >= 0.6 is 0 Å². The molecule has 0 radical (unpaired) electrons. The van der Waals surface area contributed by atoms with Gasteiger partial charge < -0.3 is 15.4 Å². The average molecular weight is 250 g/mol. The van der Waals surface area contributed by atoms with Gasteiger partial charge in [0.25, 0.3) is 0 Å². The Morgan fingerprint density at radius 3 is 3.33 bits per heavy atom. The second kappa shape index (κ2) is 4.75. The average Bonchev–Trinajstić information content (AvgIpc) is 2.79. The SMILES string of the molecule is O=c1[nH]nc2ccc(NCC3COCCN3)nn12. The predicted octanol–water partition coefficient (Wildman–Crippen LogP) is -1.18. The van der Waals surface area contributed by atoms with E-state index in [4.69, 9.17) is 4.74 Å². The Bertz CT molecular complexity index is 585. The Morgan fingerprint density at radius 1 is 1.56 bits per heavy atom. The molecule has 1 unspecified atom stereocenters. The zero-order valence-electron chi connectivity index (χ0n) is 9.72. The summed E-state index contributed by atoms with van der Waals surface area (Å²) in [6.45, 7) is 3.00. The highest BCUT2D eigenvalue weighted by molar-refractivity contribution is 5.42. The van der Waals surface area contributed by atoms with Crippen molar-refractivity contribution < 1.29 is 4.74 Å². The number of hydrogen-bond acceptors (Lipinski definition) is 6. The van der Waals surface area contributed by atoms with Gasteiger partial charge in [-0.05, 0) is 12.1 Å². The van der Waals surface area contributed by atoms with Gasteiger partial charge >= 0.3 is 5.69 Å². The van der Waals surface area contributed by atoms with Crippen LogP contribution in [0.5, 0.6) is 0 Å². The molecule has 3 rings (SSSR count). The summed E-state index contributed by atoms with van der Waals surface area (Å²) in [6.07, 6.45) is 0. The molecular formula is C10H14N6O2. The number of nitrogens with zero attached hydrogens (tertiary/aromatic N) is 3. The first-order chi connectivity index (χ1) is 8.83. The summed E-state index contributed by atoms with van der Waals surface area (Å²) < 4.78 is 6.58. The summed E-state index contributed by atoms with van der Waals surface area (Å²) in [6, 6.07) is 3.79. The number of H-pyrrole nitrogens is 1. The van der Waals surface area contributed by atoms with Gasteiger partial charge in [-0.3, -0.25) is 0 Å². The van der Waals surface area contributed by atoms with Gasteiger partial charge in [0.1, 0.15) is 5.82 Å². The molecule has 1 fully saturated rings. The highest BCUT2D eigenvalue weighted by Crippen LogP contribution is 2.03. The molecular weight excluding hydrogens is 236 g/mol. The Labute approximate surface area is 102 Å². The van der Waals surface area contributed by atoms with Crippen molar-refractivity contribution >= 4 is 11.5 Å². The van der Waals surface area contributed by atoms with Crippen LogP contribution in [0, 0.1) is 0 Å². The van der Waals surface area contributed by atoms with E-state index in [1.165, 1.54) is 4.52 Å². The second-order valence-corrected chi connectivity index (χ2v) is 4.12. The van der Waals surface area contributed by atoms with E-state index in [2.05, 4.69) is 25.9 Å². The molecule has 0 bridgehead atoms. The van der Waals surface area contributed by atoms with Crippen LogP contribution < -0.4 is 16.3 Å². The van der Waals surface area contributed by atoms with Crippen molar-refractivity contribution in [1.29, 1.82) is 0 Å². The topological polar surface area (TPSA) is 96.3 Å². The minimum Gasteiger partial charge on any atom is -0.378 e. The molecule has 3 N–H and O–H groups in total. The summed E-state index contributed by atoms with van der Waals surface area (Å²) in [4.78, 5) is 11.4. The second-order valence-electron chi connectivity index (χ2n) is 4.12. The number of fused-ring (bicyclic) bond motifs is 1. The van der Waals surface area contributed by atoms with Gasteiger partial charge in [-0.15, -0.1) is 5.10 Å². The standard InChI is InChI=1S/C10H14N6O2/c17-10-14-13-9-2-1-8(15-16(9)10)12-5-7-6-18-4-3-11-7/h1-2,7,11H,3-6H2,(H,12,15)(H,14,17). The lowest BCUT2D eigenvalue weighted by Gasteiger charge is -2.24. The van der Waals surface area contributed by atoms with Gasteiger partial charge in [0.15, 0.2) is 5.65 Å². The summed E-state index contributed by atoms with van der Waals surface area (Å²) in [5, 5.41) is 16.8. The van der Waals surface area contributed by atoms with Crippen LogP contribution in [0.3, 0.4) is 0 Å². The van der Waals surface area contributed by atoms with Gasteiger partial charge in [-0.1, -0.05) is 0 Å². The van der Waals surface area contributed by atoms with Crippen LogP contribution in [-0.2, 0) is 4.74 Å². The fourth-order valence-corrected chi connectivity index (χ4v) is 1.88. The minimum absolute atomic E-state index is 0.261. The predicted molar refractivity (Wildman–Crippen MR) is 64.7 cm³/mol. The zero-order valence-corrected chi connectivity index (χ0v) is 9.72. The maximum atomic E-state index is 11.4. The lowest BCUT2D eigenvalue weighted by molar-refractivity contribution is 0.0806. The number of ether oxygens (including phenoxy) is 1. The summed E-state index contributed by atoms with van der Waals surface area (Å²) in [5.41, 5.74) is 0.164. The minimum atomic E-state index is -0.340. The molecule has 2 aromatic heterocycles. The molecule has 0 aliphatic carbocycles. The first-order valence-electron chi connectivity index (χ1n) is 5.82. The Balaban J connectivity index is 1.70. The van der Waals surface area contributed by atoms with Crippen molar-refractivity contribution in [3.63, 3.8) is 0 Å². The first kappa shape index (κ1) is 11.2. The third-order valence-electron chi connectivity index (χ3n) is 2.80. The molecule has 3 heterocycles. The van der Waals surface area contributed by atoms with E-state index in [1.54, 1.807) is 12.1 Å². The molecule has 8 heteroatoms. The van der Waals surface area contributed by atoms with E-state index in [0.29, 0.717) is 24.6 Å². The van der Waals surface area contributed by atoms with E-state index in [-0.39, 0.29) is 11.7 Å². The van der Waals surface area contributed by atoms with Gasteiger partial charge in [-0.25, -0.2) is 9.89 Å². The Morgan fingerprint density at radius 2 is 2.50 bits per heavy atom. The number of rotatable bonds is 3. The number of morpholine rings is 1. The number of nitrogens with one attached hydrogen (secondary N) is 3. The number of hydrogen-bond donors (Lipinski definition) is 3. The molecule has 18 heavy (non-hydrogen) atoms. The van der Waals surface area contributed by atoms with Crippen molar-refractivity contribution in [2.75, 3.05) is 31.6 Å². The fraction of sp³-hybridized carbons (Fsp3) is 0.500. The maximum Gasteiger partial charge on any atom is 0.364 e. The summed E-state index contributed by atoms with van der Waals surface area (Å²) in [7, 11) is 0. The molecule has 1 aliphatic heterocycles. The van der Waals surface area contributed by atoms with Crippen LogP contribution in [-0.4, -0.2) is 52.2 Å². The van der Waals surface area contributed by atoms with Gasteiger partial charge in [0.05, 0.1) is 13.2 Å². The molecule has 1 atom stereocenters. The first-order valence-corrected chi connectivity index (χ1v) is 5.82. The largest absolute Gasteiger partial charge is 0.378 e. The highest BCUT2D eigenvalue weighted by atomic mass is 16.5.